The van der Waals surface area contributed by atoms with Crippen molar-refractivity contribution in [3.8, 4) is 5.75 Å². The Labute approximate surface area is 116 Å². The largest absolute Gasteiger partial charge is 0.496 e. The van der Waals surface area contributed by atoms with Crippen LogP contribution in [0.25, 0.3) is 0 Å². The summed E-state index contributed by atoms with van der Waals surface area (Å²) in [6.45, 7) is 5.93. The molecule has 3 atom stereocenters. The summed E-state index contributed by atoms with van der Waals surface area (Å²) in [7, 11) is 1.79. The summed E-state index contributed by atoms with van der Waals surface area (Å²) < 4.78 is 5.56. The van der Waals surface area contributed by atoms with Gasteiger partial charge >= 0.3 is 0 Å². The fourth-order valence-electron chi connectivity index (χ4n) is 4.19. The number of rotatable bonds is 3. The molecule has 2 nitrogen and oxygen atoms in total. The number of nitrogens with zero attached hydrogens (tertiary/aromatic N) is 1. The SMILES string of the molecule is CCCN1C2Cc3c(cccc3OC)C[C@H]2C[C@H]1C. The Morgan fingerprint density at radius 1 is 1.32 bits per heavy atom. The molecule has 1 aromatic rings. The molecule has 1 fully saturated rings. The van der Waals surface area contributed by atoms with Gasteiger partial charge in [0.15, 0.2) is 0 Å². The molecular formula is C17H25NO. The fourth-order valence-corrected chi connectivity index (χ4v) is 4.19. The molecule has 1 unspecified atom stereocenters. The number of likely N-dealkylation sites (tertiary alicyclic amines) is 1. The fraction of sp³-hybridized carbons (Fsp3) is 0.647. The van der Waals surface area contributed by atoms with Crippen molar-refractivity contribution in [3.63, 3.8) is 0 Å². The standard InChI is InChI=1S/C17H25NO/c1-4-8-18-12(2)9-14-10-13-6-5-7-17(19-3)15(13)11-16(14)18/h5-7,12,14,16H,4,8-11H2,1-3H3/t12-,14-,16?/m1/s1. The van der Waals surface area contributed by atoms with Crippen molar-refractivity contribution in [2.75, 3.05) is 13.7 Å². The summed E-state index contributed by atoms with van der Waals surface area (Å²) in [4.78, 5) is 2.74. The van der Waals surface area contributed by atoms with Gasteiger partial charge in [0.05, 0.1) is 7.11 Å². The second-order valence-electron chi connectivity index (χ2n) is 6.16. The summed E-state index contributed by atoms with van der Waals surface area (Å²) >= 11 is 0. The maximum Gasteiger partial charge on any atom is 0.122 e. The maximum atomic E-state index is 5.56. The average Bonchev–Trinajstić information content (AvgIpc) is 2.72. The number of fused-ring (bicyclic) bond motifs is 2. The third-order valence-corrected chi connectivity index (χ3v) is 5.01. The number of methoxy groups -OCH3 is 1. The van der Waals surface area contributed by atoms with Gasteiger partial charge in [-0.3, -0.25) is 4.90 Å². The van der Waals surface area contributed by atoms with E-state index in [1.54, 1.807) is 7.11 Å². The van der Waals surface area contributed by atoms with Gasteiger partial charge < -0.3 is 4.74 Å². The van der Waals surface area contributed by atoms with Crippen LogP contribution in [-0.2, 0) is 12.8 Å². The zero-order valence-corrected chi connectivity index (χ0v) is 12.4. The van der Waals surface area contributed by atoms with E-state index in [-0.39, 0.29) is 0 Å². The lowest BCUT2D eigenvalue weighted by Gasteiger charge is -2.34. The molecule has 0 N–H and O–H groups in total. The molecule has 0 aromatic heterocycles. The van der Waals surface area contributed by atoms with Crippen LogP contribution in [0.3, 0.4) is 0 Å². The van der Waals surface area contributed by atoms with Crippen molar-refractivity contribution >= 4 is 0 Å². The van der Waals surface area contributed by atoms with E-state index in [0.717, 1.165) is 23.8 Å². The lowest BCUT2D eigenvalue weighted by Crippen LogP contribution is -2.40. The average molecular weight is 259 g/mol. The Kier molecular flexibility index (Phi) is 3.53. The quantitative estimate of drug-likeness (QED) is 0.826. The van der Waals surface area contributed by atoms with Gasteiger partial charge in [0.1, 0.15) is 5.75 Å². The molecule has 0 amide bonds. The minimum atomic E-state index is 0.735. The van der Waals surface area contributed by atoms with E-state index in [1.165, 1.54) is 43.4 Å². The third-order valence-electron chi connectivity index (χ3n) is 5.01. The first kappa shape index (κ1) is 13.0. The second-order valence-corrected chi connectivity index (χ2v) is 6.16. The molecule has 3 rings (SSSR count). The summed E-state index contributed by atoms with van der Waals surface area (Å²) in [6.07, 6.45) is 5.03. The van der Waals surface area contributed by atoms with Crippen molar-refractivity contribution in [3.05, 3.63) is 29.3 Å². The van der Waals surface area contributed by atoms with Gasteiger partial charge in [-0.25, -0.2) is 0 Å². The lowest BCUT2D eigenvalue weighted by atomic mass is 9.80. The first-order chi connectivity index (χ1) is 9.24. The third kappa shape index (κ3) is 2.16. The molecule has 1 aliphatic heterocycles. The molecule has 0 bridgehead atoms. The van der Waals surface area contributed by atoms with E-state index in [2.05, 4.69) is 36.9 Å². The first-order valence-corrected chi connectivity index (χ1v) is 7.65. The van der Waals surface area contributed by atoms with E-state index >= 15 is 0 Å². The van der Waals surface area contributed by atoms with Crippen molar-refractivity contribution in [2.24, 2.45) is 5.92 Å². The number of hydrogen-bond donors (Lipinski definition) is 0. The number of ether oxygens (including phenoxy) is 1. The summed E-state index contributed by atoms with van der Waals surface area (Å²) in [5, 5.41) is 0. The predicted octanol–water partition coefficient (Wildman–Crippen LogP) is 3.28. The van der Waals surface area contributed by atoms with E-state index in [0.29, 0.717) is 0 Å². The Balaban J connectivity index is 1.90. The van der Waals surface area contributed by atoms with Crippen molar-refractivity contribution in [1.82, 2.24) is 4.90 Å². The minimum Gasteiger partial charge on any atom is -0.496 e. The minimum absolute atomic E-state index is 0.735. The van der Waals surface area contributed by atoms with Gasteiger partial charge in [-0.2, -0.15) is 0 Å². The highest BCUT2D eigenvalue weighted by molar-refractivity contribution is 5.43. The highest BCUT2D eigenvalue weighted by Gasteiger charge is 2.41. The van der Waals surface area contributed by atoms with Gasteiger partial charge in [-0.15, -0.1) is 0 Å². The van der Waals surface area contributed by atoms with Crippen LogP contribution in [0, 0.1) is 5.92 Å². The summed E-state index contributed by atoms with van der Waals surface area (Å²) in [6, 6.07) is 8.03. The summed E-state index contributed by atoms with van der Waals surface area (Å²) in [5.41, 5.74) is 2.98. The predicted molar refractivity (Wildman–Crippen MR) is 78.8 cm³/mol. The molecule has 19 heavy (non-hydrogen) atoms. The summed E-state index contributed by atoms with van der Waals surface area (Å²) in [5.74, 6) is 1.94. The van der Waals surface area contributed by atoms with Crippen LogP contribution in [0.5, 0.6) is 5.75 Å². The normalized spacial score (nSPS) is 29.9. The van der Waals surface area contributed by atoms with Gasteiger partial charge in [-0.05, 0) is 62.3 Å². The molecule has 2 aliphatic rings. The van der Waals surface area contributed by atoms with Crippen LogP contribution in [0.1, 0.15) is 37.8 Å². The highest BCUT2D eigenvalue weighted by atomic mass is 16.5. The Morgan fingerprint density at radius 3 is 2.89 bits per heavy atom. The van der Waals surface area contributed by atoms with Gasteiger partial charge in [0.25, 0.3) is 0 Å². The zero-order chi connectivity index (χ0) is 13.4. The van der Waals surface area contributed by atoms with Gasteiger partial charge in [-0.1, -0.05) is 19.1 Å². The van der Waals surface area contributed by atoms with Crippen molar-refractivity contribution in [1.29, 1.82) is 0 Å². The van der Waals surface area contributed by atoms with Crippen LogP contribution in [0.4, 0.5) is 0 Å². The monoisotopic (exact) mass is 259 g/mol. The molecule has 0 saturated carbocycles. The van der Waals surface area contributed by atoms with Crippen LogP contribution in [0.2, 0.25) is 0 Å². The number of hydrogen-bond acceptors (Lipinski definition) is 2. The smallest absolute Gasteiger partial charge is 0.122 e. The molecular weight excluding hydrogens is 234 g/mol. The van der Waals surface area contributed by atoms with Gasteiger partial charge in [0, 0.05) is 12.1 Å². The molecule has 1 heterocycles. The Morgan fingerprint density at radius 2 is 2.16 bits per heavy atom. The van der Waals surface area contributed by atoms with Crippen molar-refractivity contribution < 1.29 is 4.74 Å². The van der Waals surface area contributed by atoms with E-state index < -0.39 is 0 Å². The van der Waals surface area contributed by atoms with Crippen LogP contribution in [0.15, 0.2) is 18.2 Å². The molecule has 1 aliphatic carbocycles. The van der Waals surface area contributed by atoms with Crippen LogP contribution < -0.4 is 4.74 Å². The zero-order valence-electron chi connectivity index (χ0n) is 12.4. The molecule has 1 saturated heterocycles. The lowest BCUT2D eigenvalue weighted by molar-refractivity contribution is 0.180. The Hall–Kier alpha value is -1.02. The number of benzene rings is 1. The maximum absolute atomic E-state index is 5.56. The van der Waals surface area contributed by atoms with Crippen LogP contribution in [-0.4, -0.2) is 30.6 Å². The van der Waals surface area contributed by atoms with Gasteiger partial charge in [0.2, 0.25) is 0 Å². The Bertz CT molecular complexity index is 457. The molecule has 104 valence electrons. The van der Waals surface area contributed by atoms with E-state index in [9.17, 15) is 0 Å². The molecule has 2 heteroatoms. The molecule has 0 radical (unpaired) electrons. The van der Waals surface area contributed by atoms with Crippen LogP contribution >= 0.6 is 0 Å². The molecule has 0 spiro atoms. The second kappa shape index (κ2) is 5.16. The topological polar surface area (TPSA) is 12.5 Å². The first-order valence-electron chi connectivity index (χ1n) is 7.65. The van der Waals surface area contributed by atoms with Crippen molar-refractivity contribution in [2.45, 2.75) is 51.6 Å². The van der Waals surface area contributed by atoms with E-state index in [4.69, 9.17) is 4.74 Å². The van der Waals surface area contributed by atoms with E-state index in [1.807, 2.05) is 0 Å². The molecule has 1 aromatic carbocycles. The highest BCUT2D eigenvalue weighted by Crippen LogP contribution is 2.41.